The summed E-state index contributed by atoms with van der Waals surface area (Å²) in [5.41, 5.74) is 2.50. The van der Waals surface area contributed by atoms with Crippen LogP contribution in [0.1, 0.15) is 31.2 Å². The van der Waals surface area contributed by atoms with Gasteiger partial charge in [-0.25, -0.2) is 8.42 Å². The van der Waals surface area contributed by atoms with Gasteiger partial charge in [0.2, 0.25) is 21.8 Å². The molecule has 0 bridgehead atoms. The van der Waals surface area contributed by atoms with Crippen LogP contribution in [0.2, 0.25) is 5.02 Å². The Labute approximate surface area is 260 Å². The number of carbonyl (C=O) groups excluding carboxylic acids is 2. The van der Waals surface area contributed by atoms with Gasteiger partial charge in [-0.15, -0.1) is 0 Å². The molecule has 11 heteroatoms. The molecular formula is C32H42ClN5O4S. The van der Waals surface area contributed by atoms with Crippen LogP contribution < -0.4 is 14.5 Å². The van der Waals surface area contributed by atoms with E-state index in [9.17, 15) is 18.0 Å². The van der Waals surface area contributed by atoms with Gasteiger partial charge in [-0.3, -0.25) is 13.9 Å². The summed E-state index contributed by atoms with van der Waals surface area (Å²) >= 11 is 6.10. The zero-order chi connectivity index (χ0) is 30.1. The van der Waals surface area contributed by atoms with Crippen LogP contribution >= 0.6 is 11.6 Å². The minimum absolute atomic E-state index is 0.0524. The van der Waals surface area contributed by atoms with Gasteiger partial charge < -0.3 is 20.0 Å². The lowest BCUT2D eigenvalue weighted by molar-refractivity contribution is -0.139. The minimum Gasteiger partial charge on any atom is -0.366 e. The van der Waals surface area contributed by atoms with Crippen LogP contribution in [0.3, 0.4) is 0 Å². The van der Waals surface area contributed by atoms with Gasteiger partial charge >= 0.3 is 0 Å². The molecule has 2 saturated carbocycles. The molecule has 2 aliphatic carbocycles. The summed E-state index contributed by atoms with van der Waals surface area (Å²) in [4.78, 5) is 33.5. The van der Waals surface area contributed by atoms with Crippen molar-refractivity contribution < 1.29 is 18.0 Å². The van der Waals surface area contributed by atoms with E-state index in [2.05, 4.69) is 15.1 Å². The van der Waals surface area contributed by atoms with Crippen molar-refractivity contribution in [3.05, 3.63) is 59.1 Å². The van der Waals surface area contributed by atoms with Crippen LogP contribution in [-0.2, 0) is 26.0 Å². The Kier molecular flexibility index (Phi) is 8.89. The van der Waals surface area contributed by atoms with Crippen molar-refractivity contribution >= 4 is 44.8 Å². The third-order valence-corrected chi connectivity index (χ3v) is 10.5. The topological polar surface area (TPSA) is 93.3 Å². The molecule has 1 atom stereocenters. The number of sulfonamides is 1. The van der Waals surface area contributed by atoms with Crippen molar-refractivity contribution in [3.8, 4) is 0 Å². The average Bonchev–Trinajstić information content (AvgIpc) is 3.90. The number of likely N-dealkylation sites (tertiary alicyclic amines) is 1. The third kappa shape index (κ3) is 7.64. The summed E-state index contributed by atoms with van der Waals surface area (Å²) in [5, 5.41) is 3.73. The third-order valence-electron chi connectivity index (χ3n) is 9.11. The summed E-state index contributed by atoms with van der Waals surface area (Å²) < 4.78 is 27.1. The normalized spacial score (nSPS) is 20.4. The molecular weight excluding hydrogens is 586 g/mol. The van der Waals surface area contributed by atoms with Gasteiger partial charge in [0.15, 0.2) is 0 Å². The van der Waals surface area contributed by atoms with E-state index in [1.807, 2.05) is 41.3 Å². The Morgan fingerprint density at radius 3 is 2.23 bits per heavy atom. The summed E-state index contributed by atoms with van der Waals surface area (Å²) in [5.74, 6) is 0.981. The standard InChI is InChI=1S/C32H42ClN5O4S/c1-43(41,42)38(20-25-8-9-25)30-5-3-2-4-29(30)36-14-16-37(17-15-36)32(40)28(18-23-10-12-27(33)13-11-23)34-31(39)26-21-35(22-26)19-24-6-7-24/h2-5,10-13,24-26,28H,6-9,14-22H2,1H3,(H,34,39). The minimum atomic E-state index is -3.43. The monoisotopic (exact) mass is 627 g/mol. The quantitative estimate of drug-likeness (QED) is 0.389. The molecule has 0 aromatic heterocycles. The molecule has 2 aliphatic heterocycles. The van der Waals surface area contributed by atoms with Crippen molar-refractivity contribution in [1.29, 1.82) is 0 Å². The second kappa shape index (κ2) is 12.7. The lowest BCUT2D eigenvalue weighted by Crippen LogP contribution is -2.59. The zero-order valence-corrected chi connectivity index (χ0v) is 26.4. The van der Waals surface area contributed by atoms with Crippen molar-refractivity contribution in [2.75, 3.05) is 67.8 Å². The number of halogens is 1. The zero-order valence-electron chi connectivity index (χ0n) is 24.8. The van der Waals surface area contributed by atoms with Crippen molar-refractivity contribution in [2.24, 2.45) is 17.8 Å². The van der Waals surface area contributed by atoms with Crippen molar-refractivity contribution in [3.63, 3.8) is 0 Å². The Balaban J connectivity index is 1.12. The van der Waals surface area contributed by atoms with Crippen LogP contribution in [0.25, 0.3) is 0 Å². The number of hydrogen-bond acceptors (Lipinski definition) is 6. The molecule has 2 saturated heterocycles. The van der Waals surface area contributed by atoms with Gasteiger partial charge in [0.05, 0.1) is 23.5 Å². The van der Waals surface area contributed by atoms with Crippen LogP contribution in [0.5, 0.6) is 0 Å². The highest BCUT2D eigenvalue weighted by Gasteiger charge is 2.38. The number of para-hydroxylation sites is 2. The maximum Gasteiger partial charge on any atom is 0.245 e. The SMILES string of the molecule is CS(=O)(=O)N(CC1CC1)c1ccccc1N1CCN(C(=O)C(Cc2ccc(Cl)cc2)NC(=O)C2CN(CC3CC3)C2)CC1. The van der Waals surface area contributed by atoms with E-state index in [4.69, 9.17) is 11.6 Å². The number of amides is 2. The largest absolute Gasteiger partial charge is 0.366 e. The average molecular weight is 628 g/mol. The Hall–Kier alpha value is -2.82. The predicted molar refractivity (Wildman–Crippen MR) is 170 cm³/mol. The Morgan fingerprint density at radius 2 is 1.60 bits per heavy atom. The first kappa shape index (κ1) is 30.2. The number of carbonyl (C=O) groups is 2. The summed E-state index contributed by atoms with van der Waals surface area (Å²) in [6.07, 6.45) is 6.37. The number of benzene rings is 2. The molecule has 2 aromatic rings. The number of hydrogen-bond donors (Lipinski definition) is 1. The van der Waals surface area contributed by atoms with Crippen LogP contribution in [0, 0.1) is 17.8 Å². The predicted octanol–water partition coefficient (Wildman–Crippen LogP) is 3.23. The smallest absolute Gasteiger partial charge is 0.245 e. The summed E-state index contributed by atoms with van der Waals surface area (Å²) in [7, 11) is -3.43. The van der Waals surface area contributed by atoms with Crippen molar-refractivity contribution in [1.82, 2.24) is 15.1 Å². The first-order chi connectivity index (χ1) is 20.6. The van der Waals surface area contributed by atoms with Gasteiger partial charge in [-0.05, 0) is 67.3 Å². The van der Waals surface area contributed by atoms with E-state index in [1.54, 1.807) is 16.4 Å². The van der Waals surface area contributed by atoms with Gasteiger partial charge in [-0.2, -0.15) is 0 Å². The van der Waals surface area contributed by atoms with Crippen molar-refractivity contribution in [2.45, 2.75) is 38.1 Å². The lowest BCUT2D eigenvalue weighted by Gasteiger charge is -2.40. The van der Waals surface area contributed by atoms with Crippen LogP contribution in [-0.4, -0.2) is 94.7 Å². The second-order valence-corrected chi connectivity index (χ2v) is 15.1. The fraction of sp³-hybridized carbons (Fsp3) is 0.562. The molecule has 232 valence electrons. The molecule has 2 heterocycles. The number of anilines is 2. The lowest BCUT2D eigenvalue weighted by atomic mass is 9.97. The van der Waals surface area contributed by atoms with Gasteiger partial charge in [0, 0.05) is 63.8 Å². The summed E-state index contributed by atoms with van der Waals surface area (Å²) in [6, 6.07) is 14.4. The maximum atomic E-state index is 13.9. The molecule has 0 spiro atoms. The highest BCUT2D eigenvalue weighted by molar-refractivity contribution is 7.92. The first-order valence-corrected chi connectivity index (χ1v) is 17.7. The van der Waals surface area contributed by atoms with Gasteiger partial charge in [0.25, 0.3) is 0 Å². The summed E-state index contributed by atoms with van der Waals surface area (Å²) in [6.45, 7) is 5.21. The van der Waals surface area contributed by atoms with Gasteiger partial charge in [-0.1, -0.05) is 35.9 Å². The fourth-order valence-electron chi connectivity index (χ4n) is 6.17. The second-order valence-electron chi connectivity index (χ2n) is 12.8. The molecule has 2 aromatic carbocycles. The molecule has 4 fully saturated rings. The molecule has 9 nitrogen and oxygen atoms in total. The number of nitrogens with zero attached hydrogens (tertiary/aromatic N) is 4. The first-order valence-electron chi connectivity index (χ1n) is 15.5. The van der Waals surface area contributed by atoms with E-state index in [0.717, 1.165) is 49.6 Å². The van der Waals surface area contributed by atoms with Gasteiger partial charge in [0.1, 0.15) is 6.04 Å². The fourth-order valence-corrected chi connectivity index (χ4v) is 7.29. The van der Waals surface area contributed by atoms with E-state index in [1.165, 1.54) is 19.1 Å². The van der Waals surface area contributed by atoms with E-state index in [0.29, 0.717) is 55.8 Å². The molecule has 1 N–H and O–H groups in total. The Bertz CT molecular complexity index is 1420. The molecule has 6 rings (SSSR count). The highest BCUT2D eigenvalue weighted by Crippen LogP contribution is 2.37. The highest BCUT2D eigenvalue weighted by atomic mass is 35.5. The van der Waals surface area contributed by atoms with Crippen LogP contribution in [0.15, 0.2) is 48.5 Å². The number of piperazine rings is 1. The number of nitrogens with one attached hydrogen (secondary N) is 1. The van der Waals surface area contributed by atoms with Crippen LogP contribution in [0.4, 0.5) is 11.4 Å². The maximum absolute atomic E-state index is 13.9. The molecule has 0 radical (unpaired) electrons. The molecule has 4 aliphatic rings. The number of rotatable bonds is 12. The molecule has 43 heavy (non-hydrogen) atoms. The van der Waals surface area contributed by atoms with E-state index >= 15 is 0 Å². The Morgan fingerprint density at radius 1 is 0.953 bits per heavy atom. The van der Waals surface area contributed by atoms with E-state index in [-0.39, 0.29) is 17.7 Å². The molecule has 2 amide bonds. The van der Waals surface area contributed by atoms with E-state index < -0.39 is 16.1 Å². The molecule has 1 unspecified atom stereocenters.